The Morgan fingerprint density at radius 2 is 2.00 bits per heavy atom. The highest BCUT2D eigenvalue weighted by molar-refractivity contribution is 9.10. The van der Waals surface area contributed by atoms with Crippen molar-refractivity contribution in [2.24, 2.45) is 0 Å². The molecule has 0 radical (unpaired) electrons. The summed E-state index contributed by atoms with van der Waals surface area (Å²) in [5, 5.41) is 0. The van der Waals surface area contributed by atoms with E-state index in [2.05, 4.69) is 28.1 Å². The van der Waals surface area contributed by atoms with Gasteiger partial charge in [-0.25, -0.2) is 0 Å². The fourth-order valence-corrected chi connectivity index (χ4v) is 3.61. The first-order chi connectivity index (χ1) is 14.1. The molecule has 0 aliphatic carbocycles. The average Bonchev–Trinajstić information content (AvgIpc) is 2.73. The van der Waals surface area contributed by atoms with Gasteiger partial charge in [0.1, 0.15) is 12.3 Å². The third kappa shape index (κ3) is 5.81. The quantitative estimate of drug-likeness (QED) is 0.575. The summed E-state index contributed by atoms with van der Waals surface area (Å²) < 4.78 is 11.5. The zero-order valence-corrected chi connectivity index (χ0v) is 18.1. The lowest BCUT2D eigenvalue weighted by atomic mass is 10.1. The molecule has 2 amide bonds. The summed E-state index contributed by atoms with van der Waals surface area (Å²) in [6, 6.07) is 15.6. The molecule has 0 atom stereocenters. The average molecular weight is 461 g/mol. The van der Waals surface area contributed by atoms with Crippen molar-refractivity contribution in [3.05, 3.63) is 58.6 Å². The molecule has 0 aromatic heterocycles. The van der Waals surface area contributed by atoms with E-state index in [1.807, 2.05) is 30.3 Å². The van der Waals surface area contributed by atoms with Crippen LogP contribution in [0.25, 0.3) is 0 Å². The fourth-order valence-electron chi connectivity index (χ4n) is 3.27. The molecule has 6 nitrogen and oxygen atoms in total. The van der Waals surface area contributed by atoms with Crippen LogP contribution < -0.4 is 9.64 Å². The van der Waals surface area contributed by atoms with Crippen molar-refractivity contribution in [3.8, 4) is 5.75 Å². The monoisotopic (exact) mass is 460 g/mol. The molecule has 29 heavy (non-hydrogen) atoms. The van der Waals surface area contributed by atoms with E-state index >= 15 is 0 Å². The number of benzene rings is 2. The maximum absolute atomic E-state index is 13.0. The van der Waals surface area contributed by atoms with Crippen LogP contribution in [0, 0.1) is 0 Å². The molecule has 1 aliphatic heterocycles. The second kappa shape index (κ2) is 10.4. The van der Waals surface area contributed by atoms with Crippen LogP contribution in [0.15, 0.2) is 53.0 Å². The zero-order valence-electron chi connectivity index (χ0n) is 16.5. The molecule has 0 spiro atoms. The summed E-state index contributed by atoms with van der Waals surface area (Å²) in [5.41, 5.74) is 1.86. The Balaban J connectivity index is 1.65. The second-order valence-corrected chi connectivity index (χ2v) is 7.76. The predicted octanol–water partition coefficient (Wildman–Crippen LogP) is 3.28. The van der Waals surface area contributed by atoms with Gasteiger partial charge in [-0.05, 0) is 36.6 Å². The van der Waals surface area contributed by atoms with Gasteiger partial charge in [-0.1, -0.05) is 46.3 Å². The number of fused-ring (bicyclic) bond motifs is 1. The van der Waals surface area contributed by atoms with E-state index in [0.29, 0.717) is 31.1 Å². The Morgan fingerprint density at radius 3 is 2.76 bits per heavy atom. The van der Waals surface area contributed by atoms with Gasteiger partial charge in [0.15, 0.2) is 6.61 Å². The number of halogens is 1. The third-order valence-corrected chi connectivity index (χ3v) is 5.31. The van der Waals surface area contributed by atoms with Gasteiger partial charge in [0.25, 0.3) is 5.91 Å². The van der Waals surface area contributed by atoms with Crippen LogP contribution in [0.3, 0.4) is 0 Å². The topological polar surface area (TPSA) is 59.1 Å². The number of amides is 2. The van der Waals surface area contributed by atoms with Gasteiger partial charge in [0.05, 0.1) is 12.3 Å². The van der Waals surface area contributed by atoms with Crippen LogP contribution >= 0.6 is 15.9 Å². The second-order valence-electron chi connectivity index (χ2n) is 6.84. The van der Waals surface area contributed by atoms with Crippen LogP contribution in [-0.4, -0.2) is 56.7 Å². The molecule has 0 N–H and O–H groups in total. The minimum Gasteiger partial charge on any atom is -0.482 e. The van der Waals surface area contributed by atoms with Gasteiger partial charge in [-0.3, -0.25) is 14.5 Å². The highest BCUT2D eigenvalue weighted by atomic mass is 79.9. The first kappa shape index (κ1) is 21.3. The van der Waals surface area contributed by atoms with Crippen molar-refractivity contribution < 1.29 is 19.1 Å². The molecule has 0 bridgehead atoms. The maximum Gasteiger partial charge on any atom is 0.265 e. The van der Waals surface area contributed by atoms with Crippen molar-refractivity contribution in [1.29, 1.82) is 0 Å². The molecule has 0 unspecified atom stereocenters. The summed E-state index contributed by atoms with van der Waals surface area (Å²) >= 11 is 3.40. The molecule has 3 rings (SSSR count). The van der Waals surface area contributed by atoms with Crippen molar-refractivity contribution in [1.82, 2.24) is 4.90 Å². The predicted molar refractivity (Wildman–Crippen MR) is 115 cm³/mol. The minimum atomic E-state index is -0.218. The number of hydrogen-bond donors (Lipinski definition) is 0. The Bertz CT molecular complexity index is 844. The van der Waals surface area contributed by atoms with Crippen LogP contribution in [0.2, 0.25) is 0 Å². The van der Waals surface area contributed by atoms with Crippen molar-refractivity contribution in [2.75, 3.05) is 44.9 Å². The van der Waals surface area contributed by atoms with Crippen molar-refractivity contribution in [2.45, 2.75) is 12.8 Å². The molecular weight excluding hydrogens is 436 g/mol. The number of aryl methyl sites for hydroxylation is 1. The van der Waals surface area contributed by atoms with Crippen molar-refractivity contribution in [3.63, 3.8) is 0 Å². The molecule has 0 fully saturated rings. The van der Waals surface area contributed by atoms with E-state index in [1.165, 1.54) is 10.5 Å². The Morgan fingerprint density at radius 1 is 1.21 bits per heavy atom. The molecule has 0 saturated heterocycles. The molecule has 0 saturated carbocycles. The molecule has 7 heteroatoms. The molecule has 1 aliphatic rings. The standard InChI is InChI=1S/C22H25BrN2O4/c1-28-13-12-24(11-5-8-17-6-3-2-4-7-17)21(26)15-25-19-10-9-18(23)14-20(19)29-16-22(25)27/h2-4,6-7,9-10,14H,5,8,11-13,15-16H2,1H3. The zero-order chi connectivity index (χ0) is 20.6. The number of hydrogen-bond acceptors (Lipinski definition) is 4. The number of carbonyl (C=O) groups is 2. The molecule has 2 aromatic rings. The Labute approximate surface area is 179 Å². The molecule has 154 valence electrons. The smallest absolute Gasteiger partial charge is 0.265 e. The summed E-state index contributed by atoms with van der Waals surface area (Å²) in [5.74, 6) is 0.280. The fraction of sp³-hybridized carbons (Fsp3) is 0.364. The SMILES string of the molecule is COCCN(CCCc1ccccc1)C(=O)CN1C(=O)COc2cc(Br)ccc21. The van der Waals surface area contributed by atoms with Gasteiger partial charge in [-0.15, -0.1) is 0 Å². The molecule has 2 aromatic carbocycles. The lowest BCUT2D eigenvalue weighted by Gasteiger charge is -2.31. The largest absolute Gasteiger partial charge is 0.482 e. The number of anilines is 1. The summed E-state index contributed by atoms with van der Waals surface area (Å²) in [7, 11) is 1.62. The van der Waals surface area contributed by atoms with Gasteiger partial charge in [0, 0.05) is 24.7 Å². The highest BCUT2D eigenvalue weighted by Gasteiger charge is 2.29. The molecule has 1 heterocycles. The third-order valence-electron chi connectivity index (χ3n) is 4.81. The van der Waals surface area contributed by atoms with Crippen LogP contribution in [0.4, 0.5) is 5.69 Å². The van der Waals surface area contributed by atoms with Crippen LogP contribution in [0.5, 0.6) is 5.75 Å². The number of rotatable bonds is 9. The highest BCUT2D eigenvalue weighted by Crippen LogP contribution is 2.34. The van der Waals surface area contributed by atoms with E-state index in [0.717, 1.165) is 17.3 Å². The lowest BCUT2D eigenvalue weighted by Crippen LogP contribution is -2.47. The minimum absolute atomic E-state index is 0.00806. The Hall–Kier alpha value is -2.38. The lowest BCUT2D eigenvalue weighted by molar-refractivity contribution is -0.132. The summed E-state index contributed by atoms with van der Waals surface area (Å²) in [6.07, 6.45) is 1.74. The van der Waals surface area contributed by atoms with Crippen LogP contribution in [-0.2, 0) is 20.7 Å². The summed E-state index contributed by atoms with van der Waals surface area (Å²) in [4.78, 5) is 28.7. The van der Waals surface area contributed by atoms with Gasteiger partial charge in [0.2, 0.25) is 5.91 Å². The Kier molecular flexibility index (Phi) is 7.66. The van der Waals surface area contributed by atoms with E-state index in [1.54, 1.807) is 18.1 Å². The number of ether oxygens (including phenoxy) is 2. The first-order valence-electron chi connectivity index (χ1n) is 9.62. The first-order valence-corrected chi connectivity index (χ1v) is 10.4. The maximum atomic E-state index is 13.0. The van der Waals surface area contributed by atoms with Crippen molar-refractivity contribution >= 4 is 33.4 Å². The van der Waals surface area contributed by atoms with E-state index in [4.69, 9.17) is 9.47 Å². The number of nitrogens with zero attached hydrogens (tertiary/aromatic N) is 2. The van der Waals surface area contributed by atoms with E-state index in [9.17, 15) is 9.59 Å². The molecular formula is C22H25BrN2O4. The van der Waals surface area contributed by atoms with E-state index < -0.39 is 0 Å². The van der Waals surface area contributed by atoms with E-state index in [-0.39, 0.29) is 25.0 Å². The number of methoxy groups -OCH3 is 1. The van der Waals surface area contributed by atoms with Gasteiger partial charge in [-0.2, -0.15) is 0 Å². The van der Waals surface area contributed by atoms with Gasteiger partial charge >= 0.3 is 0 Å². The summed E-state index contributed by atoms with van der Waals surface area (Å²) in [6.45, 7) is 1.49. The van der Waals surface area contributed by atoms with Gasteiger partial charge < -0.3 is 14.4 Å². The normalized spacial score (nSPS) is 13.0. The van der Waals surface area contributed by atoms with Crippen LogP contribution in [0.1, 0.15) is 12.0 Å². The number of carbonyl (C=O) groups excluding carboxylic acids is 2.